The van der Waals surface area contributed by atoms with Crippen LogP contribution in [0.15, 0.2) is 36.4 Å². The van der Waals surface area contributed by atoms with Gasteiger partial charge < -0.3 is 16.2 Å². The SMILES string of the molecule is Cc1cc(OCc2ccc(C(N)=O)cc2N)ccc1Cl. The number of nitrogen functional groups attached to an aromatic ring is 1. The summed E-state index contributed by atoms with van der Waals surface area (Å²) in [5, 5.41) is 0.697. The van der Waals surface area contributed by atoms with Gasteiger partial charge in [-0.3, -0.25) is 4.79 Å². The zero-order chi connectivity index (χ0) is 14.7. The Morgan fingerprint density at radius 1 is 1.25 bits per heavy atom. The first-order valence-electron chi connectivity index (χ1n) is 6.04. The zero-order valence-corrected chi connectivity index (χ0v) is 11.8. The second-order valence-corrected chi connectivity index (χ2v) is 4.88. The molecule has 1 amide bonds. The Bertz CT molecular complexity index is 656. The Morgan fingerprint density at radius 3 is 2.60 bits per heavy atom. The Morgan fingerprint density at radius 2 is 2.00 bits per heavy atom. The third-order valence-corrected chi connectivity index (χ3v) is 3.38. The summed E-state index contributed by atoms with van der Waals surface area (Å²) < 4.78 is 5.65. The molecule has 2 aromatic carbocycles. The van der Waals surface area contributed by atoms with Gasteiger partial charge in [-0.25, -0.2) is 0 Å². The van der Waals surface area contributed by atoms with Crippen LogP contribution in [0.4, 0.5) is 5.69 Å². The number of hydrogen-bond donors (Lipinski definition) is 2. The van der Waals surface area contributed by atoms with Crippen molar-refractivity contribution in [2.24, 2.45) is 5.73 Å². The average molecular weight is 291 g/mol. The predicted molar refractivity (Wildman–Crippen MR) is 79.9 cm³/mol. The number of benzene rings is 2. The fraction of sp³-hybridized carbons (Fsp3) is 0.133. The molecule has 0 aliphatic carbocycles. The molecule has 0 heterocycles. The van der Waals surface area contributed by atoms with Crippen LogP contribution in [-0.2, 0) is 6.61 Å². The Labute approximate surface area is 122 Å². The van der Waals surface area contributed by atoms with Gasteiger partial charge in [0.25, 0.3) is 0 Å². The van der Waals surface area contributed by atoms with E-state index < -0.39 is 5.91 Å². The summed E-state index contributed by atoms with van der Waals surface area (Å²) >= 11 is 5.95. The van der Waals surface area contributed by atoms with Crippen molar-refractivity contribution in [2.45, 2.75) is 13.5 Å². The van der Waals surface area contributed by atoms with Crippen molar-refractivity contribution in [3.8, 4) is 5.75 Å². The number of hydrogen-bond acceptors (Lipinski definition) is 3. The van der Waals surface area contributed by atoms with E-state index in [1.165, 1.54) is 0 Å². The van der Waals surface area contributed by atoms with Crippen LogP contribution in [0.3, 0.4) is 0 Å². The van der Waals surface area contributed by atoms with Crippen LogP contribution in [0.2, 0.25) is 5.02 Å². The number of carbonyl (C=O) groups is 1. The summed E-state index contributed by atoms with van der Waals surface area (Å²) in [5.41, 5.74) is 13.7. The number of carbonyl (C=O) groups excluding carboxylic acids is 1. The lowest BCUT2D eigenvalue weighted by molar-refractivity contribution is 0.100. The maximum Gasteiger partial charge on any atom is 0.248 e. The Balaban J connectivity index is 2.10. The molecule has 0 spiro atoms. The van der Waals surface area contributed by atoms with Crippen LogP contribution in [0.1, 0.15) is 21.5 Å². The number of nitrogens with two attached hydrogens (primary N) is 2. The van der Waals surface area contributed by atoms with Gasteiger partial charge in [0.05, 0.1) is 0 Å². The molecule has 4 nitrogen and oxygen atoms in total. The maximum absolute atomic E-state index is 11.0. The summed E-state index contributed by atoms with van der Waals surface area (Å²) in [4.78, 5) is 11.0. The van der Waals surface area contributed by atoms with Gasteiger partial charge in [0.2, 0.25) is 5.91 Å². The van der Waals surface area contributed by atoms with E-state index in [-0.39, 0.29) is 0 Å². The molecule has 0 fully saturated rings. The first kappa shape index (κ1) is 14.2. The van der Waals surface area contributed by atoms with Crippen LogP contribution in [-0.4, -0.2) is 5.91 Å². The van der Waals surface area contributed by atoms with E-state index in [2.05, 4.69) is 0 Å². The molecule has 4 N–H and O–H groups in total. The smallest absolute Gasteiger partial charge is 0.248 e. The van der Waals surface area contributed by atoms with E-state index in [1.807, 2.05) is 13.0 Å². The normalized spacial score (nSPS) is 10.3. The van der Waals surface area contributed by atoms with Crippen molar-refractivity contribution in [3.63, 3.8) is 0 Å². The van der Waals surface area contributed by atoms with Crippen LogP contribution in [0.25, 0.3) is 0 Å². The summed E-state index contributed by atoms with van der Waals surface area (Å²) in [6, 6.07) is 10.3. The van der Waals surface area contributed by atoms with Gasteiger partial charge in [-0.15, -0.1) is 0 Å². The summed E-state index contributed by atoms with van der Waals surface area (Å²) in [6.07, 6.45) is 0. The number of primary amides is 1. The van der Waals surface area contributed by atoms with Gasteiger partial charge in [0.1, 0.15) is 12.4 Å². The number of ether oxygens (including phenoxy) is 1. The summed E-state index contributed by atoms with van der Waals surface area (Å²) in [7, 11) is 0. The fourth-order valence-corrected chi connectivity index (χ4v) is 1.87. The van der Waals surface area contributed by atoms with Gasteiger partial charge in [-0.2, -0.15) is 0 Å². The zero-order valence-electron chi connectivity index (χ0n) is 11.0. The molecule has 0 aliphatic heterocycles. The molecule has 2 aromatic rings. The molecule has 0 aliphatic rings. The minimum absolute atomic E-state index is 0.311. The number of amides is 1. The number of aryl methyl sites for hydroxylation is 1. The fourth-order valence-electron chi connectivity index (χ4n) is 1.75. The highest BCUT2D eigenvalue weighted by Crippen LogP contribution is 2.23. The van der Waals surface area contributed by atoms with Gasteiger partial charge in [-0.1, -0.05) is 17.7 Å². The van der Waals surface area contributed by atoms with Crippen molar-refractivity contribution in [3.05, 3.63) is 58.1 Å². The first-order valence-corrected chi connectivity index (χ1v) is 6.42. The third-order valence-electron chi connectivity index (χ3n) is 2.95. The highest BCUT2D eigenvalue weighted by atomic mass is 35.5. The molecular weight excluding hydrogens is 276 g/mol. The molecule has 20 heavy (non-hydrogen) atoms. The maximum atomic E-state index is 11.0. The van der Waals surface area contributed by atoms with E-state index in [9.17, 15) is 4.79 Å². The van der Waals surface area contributed by atoms with Crippen LogP contribution < -0.4 is 16.2 Å². The lowest BCUT2D eigenvalue weighted by Gasteiger charge is -2.10. The number of anilines is 1. The third kappa shape index (κ3) is 3.22. The second-order valence-electron chi connectivity index (χ2n) is 4.48. The molecule has 0 saturated carbocycles. The first-order chi connectivity index (χ1) is 9.47. The van der Waals surface area contributed by atoms with E-state index >= 15 is 0 Å². The summed E-state index contributed by atoms with van der Waals surface area (Å²) in [5.74, 6) is 0.211. The average Bonchev–Trinajstić information content (AvgIpc) is 2.41. The molecule has 2 rings (SSSR count). The van der Waals surface area contributed by atoms with E-state index in [1.54, 1.807) is 30.3 Å². The minimum atomic E-state index is -0.502. The van der Waals surface area contributed by atoms with Crippen LogP contribution >= 0.6 is 11.6 Å². The molecule has 0 unspecified atom stereocenters. The van der Waals surface area contributed by atoms with Crippen molar-refractivity contribution >= 4 is 23.2 Å². The highest BCUT2D eigenvalue weighted by molar-refractivity contribution is 6.31. The summed E-state index contributed by atoms with van der Waals surface area (Å²) in [6.45, 7) is 2.22. The molecule has 5 heteroatoms. The van der Waals surface area contributed by atoms with Gasteiger partial charge in [0.15, 0.2) is 0 Å². The van der Waals surface area contributed by atoms with Crippen molar-refractivity contribution in [1.29, 1.82) is 0 Å². The second kappa shape index (κ2) is 5.84. The van der Waals surface area contributed by atoms with E-state index in [4.69, 9.17) is 27.8 Å². The van der Waals surface area contributed by atoms with Crippen molar-refractivity contribution in [1.82, 2.24) is 0 Å². The van der Waals surface area contributed by atoms with Crippen molar-refractivity contribution < 1.29 is 9.53 Å². The number of halogens is 1. The molecule has 0 bridgehead atoms. The van der Waals surface area contributed by atoms with Crippen LogP contribution in [0.5, 0.6) is 5.75 Å². The molecule has 0 saturated heterocycles. The molecular formula is C15H15ClN2O2. The standard InChI is InChI=1S/C15H15ClN2O2/c1-9-6-12(4-5-13(9)16)20-8-11-3-2-10(15(18)19)7-14(11)17/h2-7H,8,17H2,1H3,(H2,18,19). The van der Waals surface area contributed by atoms with Gasteiger partial charge in [-0.05, 0) is 42.8 Å². The van der Waals surface area contributed by atoms with Gasteiger partial charge >= 0.3 is 0 Å². The lowest BCUT2D eigenvalue weighted by Crippen LogP contribution is -2.12. The number of rotatable bonds is 4. The van der Waals surface area contributed by atoms with Gasteiger partial charge in [0, 0.05) is 21.8 Å². The van der Waals surface area contributed by atoms with Crippen molar-refractivity contribution in [2.75, 3.05) is 5.73 Å². The molecule has 0 aromatic heterocycles. The Hall–Kier alpha value is -2.20. The predicted octanol–water partition coefficient (Wildman–Crippen LogP) is 2.91. The molecule has 0 radical (unpaired) electrons. The largest absolute Gasteiger partial charge is 0.489 e. The molecule has 0 atom stereocenters. The lowest BCUT2D eigenvalue weighted by atomic mass is 10.1. The minimum Gasteiger partial charge on any atom is -0.489 e. The topological polar surface area (TPSA) is 78.3 Å². The highest BCUT2D eigenvalue weighted by Gasteiger charge is 2.06. The molecule has 104 valence electrons. The van der Waals surface area contributed by atoms with E-state index in [0.29, 0.717) is 28.6 Å². The monoisotopic (exact) mass is 290 g/mol. The quantitative estimate of drug-likeness (QED) is 0.850. The van der Waals surface area contributed by atoms with E-state index in [0.717, 1.165) is 11.1 Å². The Kier molecular flexibility index (Phi) is 4.15. The van der Waals surface area contributed by atoms with Crippen LogP contribution in [0, 0.1) is 6.92 Å².